The van der Waals surface area contributed by atoms with Crippen molar-refractivity contribution in [1.82, 2.24) is 14.6 Å². The van der Waals surface area contributed by atoms with E-state index in [1.807, 2.05) is 26.0 Å². The largest absolute Gasteiger partial charge is 0.370 e. The van der Waals surface area contributed by atoms with Gasteiger partial charge in [-0.05, 0) is 31.0 Å². The molecule has 5 nitrogen and oxygen atoms in total. The molecule has 0 amide bonds. The number of fused-ring (bicyclic) bond motifs is 1. The summed E-state index contributed by atoms with van der Waals surface area (Å²) < 4.78 is 13.0. The minimum absolute atomic E-state index is 0.202. The van der Waals surface area contributed by atoms with Crippen LogP contribution in [0.2, 0.25) is 0 Å². The number of nitrogens with zero attached hydrogens (tertiary/aromatic N) is 3. The Kier molecular flexibility index (Phi) is 3.96. The van der Waals surface area contributed by atoms with Gasteiger partial charge in [-0.25, -0.2) is 4.98 Å². The summed E-state index contributed by atoms with van der Waals surface area (Å²) in [6.45, 7) is 4.81. The first kappa shape index (κ1) is 13.0. The van der Waals surface area contributed by atoms with E-state index in [1.54, 1.807) is 17.1 Å². The van der Waals surface area contributed by atoms with Crippen LogP contribution in [0.5, 0.6) is 0 Å². The van der Waals surface area contributed by atoms with E-state index < -0.39 is 10.8 Å². The van der Waals surface area contributed by atoms with Crippen LogP contribution in [-0.4, -0.2) is 36.9 Å². The van der Waals surface area contributed by atoms with Crippen molar-refractivity contribution in [2.24, 2.45) is 0 Å². The normalized spacial score (nSPS) is 14.6. The molecule has 18 heavy (non-hydrogen) atoms. The van der Waals surface area contributed by atoms with Crippen LogP contribution in [0.1, 0.15) is 18.9 Å². The van der Waals surface area contributed by atoms with Crippen LogP contribution in [-0.2, 0) is 10.8 Å². The molecule has 2 unspecified atom stereocenters. The highest BCUT2D eigenvalue weighted by Gasteiger charge is 2.07. The summed E-state index contributed by atoms with van der Waals surface area (Å²) in [5.41, 5.74) is 1.98. The van der Waals surface area contributed by atoms with E-state index in [-0.39, 0.29) is 5.25 Å². The third-order valence-electron chi connectivity index (χ3n) is 2.95. The fraction of sp³-hybridized carbons (Fsp3) is 0.500. The highest BCUT2D eigenvalue weighted by atomic mass is 32.2. The summed E-state index contributed by atoms with van der Waals surface area (Å²) in [4.78, 5) is 4.17. The van der Waals surface area contributed by atoms with Crippen molar-refractivity contribution < 1.29 is 4.21 Å². The van der Waals surface area contributed by atoms with Gasteiger partial charge >= 0.3 is 0 Å². The Morgan fingerprint density at radius 3 is 3.00 bits per heavy atom. The van der Waals surface area contributed by atoms with Crippen molar-refractivity contribution in [2.75, 3.05) is 18.1 Å². The number of rotatable bonds is 5. The van der Waals surface area contributed by atoms with Crippen molar-refractivity contribution in [3.05, 3.63) is 24.0 Å². The second kappa shape index (κ2) is 5.48. The van der Waals surface area contributed by atoms with Gasteiger partial charge in [0.25, 0.3) is 0 Å². The van der Waals surface area contributed by atoms with Gasteiger partial charge in [-0.1, -0.05) is 6.92 Å². The van der Waals surface area contributed by atoms with Crippen molar-refractivity contribution in [3.8, 4) is 0 Å². The summed E-state index contributed by atoms with van der Waals surface area (Å²) in [7, 11) is -0.767. The smallest absolute Gasteiger partial charge is 0.157 e. The Morgan fingerprint density at radius 2 is 2.28 bits per heavy atom. The van der Waals surface area contributed by atoms with E-state index >= 15 is 0 Å². The summed E-state index contributed by atoms with van der Waals surface area (Å²) in [5.74, 6) is 0.927. The number of hydrogen-bond donors (Lipinski definition) is 1. The lowest BCUT2D eigenvalue weighted by Crippen LogP contribution is -2.16. The predicted molar refractivity (Wildman–Crippen MR) is 74.4 cm³/mol. The van der Waals surface area contributed by atoms with E-state index in [1.165, 1.54) is 0 Å². The zero-order valence-electron chi connectivity index (χ0n) is 10.9. The van der Waals surface area contributed by atoms with Gasteiger partial charge in [0.05, 0.1) is 0 Å². The quantitative estimate of drug-likeness (QED) is 0.893. The maximum atomic E-state index is 11.3. The third-order valence-corrected chi connectivity index (χ3v) is 4.32. The molecule has 2 heterocycles. The van der Waals surface area contributed by atoms with E-state index in [2.05, 4.69) is 15.4 Å². The number of hydrogen-bond acceptors (Lipinski definition) is 4. The molecule has 0 aromatic carbocycles. The molecule has 0 aliphatic rings. The first-order chi connectivity index (χ1) is 8.58. The molecule has 0 radical (unpaired) electrons. The lowest BCUT2D eigenvalue weighted by molar-refractivity contribution is 0.672. The molecular weight excluding hydrogens is 248 g/mol. The molecule has 0 saturated heterocycles. The number of pyridine rings is 1. The topological polar surface area (TPSA) is 59.3 Å². The molecule has 2 aromatic rings. The molecule has 2 rings (SSSR count). The van der Waals surface area contributed by atoms with Crippen LogP contribution < -0.4 is 5.32 Å². The summed E-state index contributed by atoms with van der Waals surface area (Å²) in [6, 6.07) is 4.02. The summed E-state index contributed by atoms with van der Waals surface area (Å²) in [5, 5.41) is 7.70. The zero-order valence-corrected chi connectivity index (χ0v) is 11.7. The molecule has 98 valence electrons. The monoisotopic (exact) mass is 266 g/mol. The zero-order chi connectivity index (χ0) is 13.1. The van der Waals surface area contributed by atoms with E-state index in [0.29, 0.717) is 0 Å². The highest BCUT2D eigenvalue weighted by molar-refractivity contribution is 7.84. The Morgan fingerprint density at radius 1 is 1.50 bits per heavy atom. The third kappa shape index (κ3) is 2.87. The first-order valence-electron chi connectivity index (χ1n) is 5.94. The van der Waals surface area contributed by atoms with Crippen molar-refractivity contribution in [1.29, 1.82) is 0 Å². The van der Waals surface area contributed by atoms with Gasteiger partial charge in [0.1, 0.15) is 12.1 Å². The van der Waals surface area contributed by atoms with Crippen LogP contribution >= 0.6 is 0 Å². The minimum Gasteiger partial charge on any atom is -0.370 e. The fourth-order valence-corrected chi connectivity index (χ4v) is 2.20. The molecule has 2 aromatic heterocycles. The average Bonchev–Trinajstić information content (AvgIpc) is 2.76. The molecule has 6 heteroatoms. The molecule has 0 saturated carbocycles. The maximum Gasteiger partial charge on any atom is 0.157 e. The Hall–Kier alpha value is -1.43. The first-order valence-corrected chi connectivity index (χ1v) is 7.56. The molecular formula is C12H18N4OS. The average molecular weight is 266 g/mol. The number of nitrogens with one attached hydrogen (secondary N) is 1. The van der Waals surface area contributed by atoms with Crippen molar-refractivity contribution >= 4 is 22.3 Å². The van der Waals surface area contributed by atoms with Gasteiger partial charge in [-0.3, -0.25) is 4.21 Å². The minimum atomic E-state index is -0.767. The number of aromatic nitrogens is 3. The van der Waals surface area contributed by atoms with E-state index in [0.717, 1.165) is 30.0 Å². The number of aryl methyl sites for hydroxylation is 1. The second-order valence-corrected chi connectivity index (χ2v) is 6.27. The Bertz CT molecular complexity index is 566. The van der Waals surface area contributed by atoms with Crippen molar-refractivity contribution in [3.63, 3.8) is 0 Å². The van der Waals surface area contributed by atoms with Crippen LogP contribution in [0.15, 0.2) is 18.5 Å². The lowest BCUT2D eigenvalue weighted by atomic mass is 10.3. The van der Waals surface area contributed by atoms with Gasteiger partial charge in [0, 0.05) is 28.9 Å². The van der Waals surface area contributed by atoms with Crippen molar-refractivity contribution in [2.45, 2.75) is 25.5 Å². The lowest BCUT2D eigenvalue weighted by Gasteiger charge is -2.11. The number of anilines is 1. The van der Waals surface area contributed by atoms with Gasteiger partial charge in [-0.15, -0.1) is 0 Å². The molecule has 1 N–H and O–H groups in total. The van der Waals surface area contributed by atoms with Gasteiger partial charge in [0.15, 0.2) is 5.65 Å². The Balaban J connectivity index is 2.07. The summed E-state index contributed by atoms with van der Waals surface area (Å²) in [6.07, 6.45) is 4.16. The molecule has 0 aliphatic heterocycles. The van der Waals surface area contributed by atoms with Gasteiger partial charge < -0.3 is 5.32 Å². The molecule has 2 atom stereocenters. The van der Waals surface area contributed by atoms with Crippen LogP contribution in [0.4, 0.5) is 5.82 Å². The SMILES string of the molecule is Cc1cc(NCCC(C)S(C)=O)n2ncnc2c1. The van der Waals surface area contributed by atoms with Crippen LogP contribution in [0, 0.1) is 6.92 Å². The fourth-order valence-electron chi connectivity index (χ4n) is 1.75. The molecule has 0 fully saturated rings. The van der Waals surface area contributed by atoms with E-state index in [4.69, 9.17) is 0 Å². The predicted octanol–water partition coefficient (Wildman–Crippen LogP) is 1.61. The van der Waals surface area contributed by atoms with E-state index in [9.17, 15) is 4.21 Å². The highest BCUT2D eigenvalue weighted by Crippen LogP contribution is 2.13. The van der Waals surface area contributed by atoms with Gasteiger partial charge in [0.2, 0.25) is 0 Å². The molecule has 0 spiro atoms. The molecule has 0 aliphatic carbocycles. The Labute approximate surface area is 109 Å². The summed E-state index contributed by atoms with van der Waals surface area (Å²) >= 11 is 0. The van der Waals surface area contributed by atoms with Gasteiger partial charge in [-0.2, -0.15) is 9.61 Å². The van der Waals surface area contributed by atoms with Crippen LogP contribution in [0.25, 0.3) is 5.65 Å². The second-order valence-electron chi connectivity index (χ2n) is 4.47. The standard InChI is InChI=1S/C12H18N4OS/c1-9-6-11(13-5-4-10(2)18(3)17)16-12(7-9)14-8-15-16/h6-8,10,13H,4-5H2,1-3H3. The van der Waals surface area contributed by atoms with Crippen LogP contribution in [0.3, 0.4) is 0 Å². The maximum absolute atomic E-state index is 11.3. The molecule has 0 bridgehead atoms.